The molecule has 0 amide bonds. The molecule has 0 atom stereocenters. The maximum absolute atomic E-state index is 14.3. The lowest BCUT2D eigenvalue weighted by molar-refractivity contribution is 0.309. The smallest absolute Gasteiger partial charge is 0.346 e. The van der Waals surface area contributed by atoms with Crippen molar-refractivity contribution < 1.29 is 13.5 Å². The third-order valence-electron chi connectivity index (χ3n) is 2.96. The molecule has 0 aliphatic rings. The Morgan fingerprint density at radius 1 is 1.45 bits per heavy atom. The molecule has 1 aromatic heterocycles. The molecule has 0 unspecified atom stereocenters. The predicted octanol–water partition coefficient (Wildman–Crippen LogP) is 3.84. The number of benzene rings is 1. The zero-order valence-corrected chi connectivity index (χ0v) is 11.4. The Morgan fingerprint density at radius 3 is 2.95 bits per heavy atom. The Bertz CT molecular complexity index is 673. The Kier molecular flexibility index (Phi) is 4.56. The van der Waals surface area contributed by atoms with Gasteiger partial charge in [-0.2, -0.15) is 0 Å². The second-order valence-electron chi connectivity index (χ2n) is 4.52. The number of rotatable bonds is 6. The zero-order chi connectivity index (χ0) is 14.5. The van der Waals surface area contributed by atoms with Crippen molar-refractivity contribution in [2.24, 2.45) is 0 Å². The molecule has 2 aromatic rings. The summed E-state index contributed by atoms with van der Waals surface area (Å²) in [4.78, 5) is 11.9. The summed E-state index contributed by atoms with van der Waals surface area (Å²) in [5.41, 5.74) is -0.655. The summed E-state index contributed by atoms with van der Waals surface area (Å²) in [7, 11) is 0. The van der Waals surface area contributed by atoms with E-state index in [0.717, 1.165) is 6.42 Å². The fraction of sp³-hybridized carbons (Fsp3) is 0.312. The lowest BCUT2D eigenvalue weighted by atomic mass is 10.1. The number of aryl methyl sites for hydroxylation is 1. The largest absolute Gasteiger partial charge is 0.490 e. The van der Waals surface area contributed by atoms with E-state index in [1.54, 1.807) is 18.2 Å². The number of ether oxygens (including phenoxy) is 1. The molecule has 0 saturated heterocycles. The average molecular weight is 276 g/mol. The minimum Gasteiger partial charge on any atom is -0.490 e. The number of fused-ring (bicyclic) bond motifs is 1. The molecule has 0 fully saturated rings. The summed E-state index contributed by atoms with van der Waals surface area (Å²) >= 11 is 0. The molecular formula is C16H17FO3. The summed E-state index contributed by atoms with van der Waals surface area (Å²) < 4.78 is 24.7. The molecule has 0 aliphatic carbocycles. The van der Waals surface area contributed by atoms with E-state index < -0.39 is 11.4 Å². The van der Waals surface area contributed by atoms with Crippen LogP contribution in [0.2, 0.25) is 0 Å². The van der Waals surface area contributed by atoms with Gasteiger partial charge in [-0.05, 0) is 30.4 Å². The Labute approximate surface area is 116 Å². The van der Waals surface area contributed by atoms with Gasteiger partial charge < -0.3 is 9.15 Å². The zero-order valence-electron chi connectivity index (χ0n) is 11.4. The third-order valence-corrected chi connectivity index (χ3v) is 2.96. The van der Waals surface area contributed by atoms with Crippen molar-refractivity contribution in [1.82, 2.24) is 0 Å². The first-order valence-electron chi connectivity index (χ1n) is 6.66. The highest BCUT2D eigenvalue weighted by Crippen LogP contribution is 2.25. The summed E-state index contributed by atoms with van der Waals surface area (Å²) in [6.45, 7) is 5.88. The molecule has 0 aliphatic heterocycles. The molecule has 2 rings (SSSR count). The fourth-order valence-corrected chi connectivity index (χ4v) is 2.01. The highest BCUT2D eigenvalue weighted by atomic mass is 19.1. The Balaban J connectivity index is 2.45. The monoisotopic (exact) mass is 276 g/mol. The molecule has 0 N–H and O–H groups in total. The molecule has 1 aromatic carbocycles. The van der Waals surface area contributed by atoms with Crippen molar-refractivity contribution in [2.45, 2.75) is 26.2 Å². The van der Waals surface area contributed by atoms with E-state index >= 15 is 0 Å². The topological polar surface area (TPSA) is 39.4 Å². The second kappa shape index (κ2) is 6.37. The van der Waals surface area contributed by atoms with Gasteiger partial charge in [-0.1, -0.05) is 19.1 Å². The van der Waals surface area contributed by atoms with Crippen LogP contribution >= 0.6 is 0 Å². The molecule has 0 spiro atoms. The summed E-state index contributed by atoms with van der Waals surface area (Å²) in [5.74, 6) is -0.0250. The van der Waals surface area contributed by atoms with Crippen LogP contribution in [-0.4, -0.2) is 6.61 Å². The van der Waals surface area contributed by atoms with Crippen LogP contribution in [0.4, 0.5) is 4.39 Å². The second-order valence-corrected chi connectivity index (χ2v) is 4.52. The molecule has 0 saturated carbocycles. The first-order chi connectivity index (χ1) is 9.67. The van der Waals surface area contributed by atoms with Gasteiger partial charge in [-0.25, -0.2) is 9.18 Å². The predicted molar refractivity (Wildman–Crippen MR) is 76.7 cm³/mol. The Hall–Kier alpha value is -2.10. The van der Waals surface area contributed by atoms with Gasteiger partial charge in [-0.15, -0.1) is 6.58 Å². The average Bonchev–Trinajstić information content (AvgIpc) is 2.41. The van der Waals surface area contributed by atoms with Crippen LogP contribution in [0.5, 0.6) is 5.75 Å². The molecule has 4 heteroatoms. The highest BCUT2D eigenvalue weighted by Gasteiger charge is 2.14. The van der Waals surface area contributed by atoms with Gasteiger partial charge >= 0.3 is 5.63 Å². The third kappa shape index (κ3) is 2.90. The number of hydrogen-bond acceptors (Lipinski definition) is 3. The van der Waals surface area contributed by atoms with E-state index in [9.17, 15) is 9.18 Å². The van der Waals surface area contributed by atoms with Gasteiger partial charge in [0.2, 0.25) is 0 Å². The van der Waals surface area contributed by atoms with Gasteiger partial charge in [0, 0.05) is 6.42 Å². The van der Waals surface area contributed by atoms with Crippen LogP contribution in [0.25, 0.3) is 10.8 Å². The quantitative estimate of drug-likeness (QED) is 0.594. The van der Waals surface area contributed by atoms with Gasteiger partial charge in [0.05, 0.1) is 6.61 Å². The lowest BCUT2D eigenvalue weighted by Crippen LogP contribution is -2.06. The normalized spacial score (nSPS) is 10.7. The molecular weight excluding hydrogens is 259 g/mol. The van der Waals surface area contributed by atoms with Crippen LogP contribution in [0.1, 0.15) is 25.5 Å². The number of halogens is 1. The van der Waals surface area contributed by atoms with Crippen LogP contribution in [0.3, 0.4) is 0 Å². The van der Waals surface area contributed by atoms with Crippen LogP contribution in [0.15, 0.2) is 40.1 Å². The lowest BCUT2D eigenvalue weighted by Gasteiger charge is -2.08. The van der Waals surface area contributed by atoms with Crippen LogP contribution < -0.4 is 10.4 Å². The van der Waals surface area contributed by atoms with E-state index in [4.69, 9.17) is 9.15 Å². The number of hydrogen-bond donors (Lipinski definition) is 0. The first kappa shape index (κ1) is 14.3. The maximum Gasteiger partial charge on any atom is 0.346 e. The molecule has 106 valence electrons. The van der Waals surface area contributed by atoms with Gasteiger partial charge in [0.25, 0.3) is 0 Å². The van der Waals surface area contributed by atoms with E-state index in [-0.39, 0.29) is 11.1 Å². The van der Waals surface area contributed by atoms with Crippen molar-refractivity contribution >= 4 is 10.8 Å². The molecule has 1 heterocycles. The van der Waals surface area contributed by atoms with Crippen molar-refractivity contribution in [3.63, 3.8) is 0 Å². The van der Waals surface area contributed by atoms with Crippen molar-refractivity contribution in [3.8, 4) is 5.75 Å². The summed E-state index contributed by atoms with van der Waals surface area (Å²) in [5, 5.41) is 0.485. The van der Waals surface area contributed by atoms with Gasteiger partial charge in [-0.3, -0.25) is 0 Å². The van der Waals surface area contributed by atoms with E-state index in [1.165, 1.54) is 6.07 Å². The van der Waals surface area contributed by atoms with Crippen LogP contribution in [0, 0.1) is 5.82 Å². The minimum atomic E-state index is -0.664. The first-order valence-corrected chi connectivity index (χ1v) is 6.66. The van der Waals surface area contributed by atoms with Crippen molar-refractivity contribution in [2.75, 3.05) is 6.61 Å². The molecule has 0 bridgehead atoms. The SMILES string of the molecule is C=CCCOc1ccc2cc(CCC)oc(=O)c2c1F. The van der Waals surface area contributed by atoms with Crippen LogP contribution in [-0.2, 0) is 6.42 Å². The maximum atomic E-state index is 14.3. The molecule has 0 radical (unpaired) electrons. The highest BCUT2D eigenvalue weighted by molar-refractivity contribution is 5.83. The van der Waals surface area contributed by atoms with Gasteiger partial charge in [0.15, 0.2) is 11.6 Å². The summed E-state index contributed by atoms with van der Waals surface area (Å²) in [6, 6.07) is 4.92. The summed E-state index contributed by atoms with van der Waals surface area (Å²) in [6.07, 6.45) is 3.82. The standard InChI is InChI=1S/C16H17FO3/c1-3-5-9-19-13-8-7-11-10-12(6-4-2)20-16(18)14(11)15(13)17/h3,7-8,10H,1,4-6,9H2,2H3. The van der Waals surface area contributed by atoms with Gasteiger partial charge in [0.1, 0.15) is 11.1 Å². The van der Waals surface area contributed by atoms with E-state index in [0.29, 0.717) is 30.6 Å². The Morgan fingerprint density at radius 2 is 2.25 bits per heavy atom. The molecule has 3 nitrogen and oxygen atoms in total. The van der Waals surface area contributed by atoms with Crippen molar-refractivity contribution in [1.29, 1.82) is 0 Å². The molecule has 20 heavy (non-hydrogen) atoms. The van der Waals surface area contributed by atoms with E-state index in [2.05, 4.69) is 6.58 Å². The minimum absolute atomic E-state index is 0.0547. The fourth-order valence-electron chi connectivity index (χ4n) is 2.01. The van der Waals surface area contributed by atoms with Crippen molar-refractivity contribution in [3.05, 3.63) is 52.9 Å². The van der Waals surface area contributed by atoms with E-state index in [1.807, 2.05) is 6.92 Å².